The Bertz CT molecular complexity index is 832. The van der Waals surface area contributed by atoms with Gasteiger partial charge in [0.1, 0.15) is 5.75 Å². The molecule has 156 valence electrons. The van der Waals surface area contributed by atoms with Crippen LogP contribution < -0.4 is 14.8 Å². The van der Waals surface area contributed by atoms with Crippen molar-refractivity contribution in [2.24, 2.45) is 5.92 Å². The van der Waals surface area contributed by atoms with Gasteiger partial charge in [-0.2, -0.15) is 0 Å². The first kappa shape index (κ1) is 20.8. The zero-order valence-electron chi connectivity index (χ0n) is 17.0. The number of piperidine rings is 1. The Morgan fingerprint density at radius 3 is 2.83 bits per heavy atom. The minimum Gasteiger partial charge on any atom is -0.497 e. The van der Waals surface area contributed by atoms with E-state index in [0.717, 1.165) is 30.6 Å². The summed E-state index contributed by atoms with van der Waals surface area (Å²) in [6.45, 7) is 1.83. The fourth-order valence-electron chi connectivity index (χ4n) is 3.59. The maximum absolute atomic E-state index is 12.6. The van der Waals surface area contributed by atoms with Crippen molar-refractivity contribution in [1.29, 1.82) is 0 Å². The second-order valence-electron chi connectivity index (χ2n) is 7.25. The number of hydrogen-bond acceptors (Lipinski definition) is 5. The summed E-state index contributed by atoms with van der Waals surface area (Å²) in [4.78, 5) is 26.7. The lowest BCUT2D eigenvalue weighted by Crippen LogP contribution is -2.40. The summed E-state index contributed by atoms with van der Waals surface area (Å²) in [5.41, 5.74) is 1.00. The van der Waals surface area contributed by atoms with Gasteiger partial charge in [-0.05, 0) is 48.9 Å². The molecule has 1 N–H and O–H groups in total. The molecular formula is C22H28N2O5. The fourth-order valence-corrected chi connectivity index (χ4v) is 3.59. The summed E-state index contributed by atoms with van der Waals surface area (Å²) in [5, 5.41) is 2.95. The van der Waals surface area contributed by atoms with Crippen LogP contribution in [-0.4, -0.2) is 44.0 Å². The predicted octanol–water partition coefficient (Wildman–Crippen LogP) is 3.25. The third-order valence-corrected chi connectivity index (χ3v) is 5.20. The molecule has 0 unspecified atom stereocenters. The maximum atomic E-state index is 12.6. The molecule has 0 spiro atoms. The van der Waals surface area contributed by atoms with E-state index in [9.17, 15) is 9.59 Å². The van der Waals surface area contributed by atoms with Gasteiger partial charge in [-0.15, -0.1) is 0 Å². The average Bonchev–Trinajstić information content (AvgIpc) is 3.25. The molecule has 0 aliphatic carbocycles. The standard InChI is InChI=1S/C22H28N2O5/c1-27-18-7-3-5-17(13-18)14-23-20(25)10-8-16-6-4-12-24(15-16)22(26)19-9-11-21(28-2)29-19/h3,5,7,9,11,13,16H,4,6,8,10,12,14-15H2,1-2H3,(H,23,25)/t16-/m1/s1. The second kappa shape index (κ2) is 10.0. The molecule has 7 nitrogen and oxygen atoms in total. The quantitative estimate of drug-likeness (QED) is 0.736. The van der Waals surface area contributed by atoms with Crippen LogP contribution in [0.1, 0.15) is 41.8 Å². The number of hydrogen-bond donors (Lipinski definition) is 1. The van der Waals surface area contributed by atoms with Gasteiger partial charge >= 0.3 is 0 Å². The molecule has 1 fully saturated rings. The van der Waals surface area contributed by atoms with E-state index < -0.39 is 0 Å². The van der Waals surface area contributed by atoms with Gasteiger partial charge in [0.05, 0.1) is 14.2 Å². The molecule has 1 saturated heterocycles. The monoisotopic (exact) mass is 400 g/mol. The van der Waals surface area contributed by atoms with Gasteiger partial charge in [-0.25, -0.2) is 0 Å². The minimum atomic E-state index is -0.125. The summed E-state index contributed by atoms with van der Waals surface area (Å²) < 4.78 is 15.6. The smallest absolute Gasteiger partial charge is 0.289 e. The Balaban J connectivity index is 1.44. The lowest BCUT2D eigenvalue weighted by atomic mass is 9.93. The summed E-state index contributed by atoms with van der Waals surface area (Å²) in [6, 6.07) is 10.9. The molecule has 7 heteroatoms. The lowest BCUT2D eigenvalue weighted by molar-refractivity contribution is -0.121. The average molecular weight is 400 g/mol. The van der Waals surface area contributed by atoms with E-state index >= 15 is 0 Å². The molecule has 1 aromatic heterocycles. The number of furan rings is 1. The third kappa shape index (κ3) is 5.76. The van der Waals surface area contributed by atoms with E-state index in [4.69, 9.17) is 13.9 Å². The summed E-state index contributed by atoms with van der Waals surface area (Å²) in [7, 11) is 3.13. The molecule has 1 aliphatic rings. The SMILES string of the molecule is COc1cccc(CNC(=O)CC[C@H]2CCCN(C(=O)c3ccc(OC)o3)C2)c1. The number of rotatable bonds is 8. The van der Waals surface area contributed by atoms with Crippen LogP contribution in [0.3, 0.4) is 0 Å². The summed E-state index contributed by atoms with van der Waals surface area (Å²) in [6.07, 6.45) is 3.16. The van der Waals surface area contributed by atoms with Crippen LogP contribution in [0.25, 0.3) is 0 Å². The predicted molar refractivity (Wildman–Crippen MR) is 108 cm³/mol. The number of methoxy groups -OCH3 is 2. The van der Waals surface area contributed by atoms with E-state index in [1.165, 1.54) is 7.11 Å². The van der Waals surface area contributed by atoms with E-state index in [1.807, 2.05) is 24.3 Å². The number of carbonyl (C=O) groups is 2. The number of nitrogens with one attached hydrogen (secondary N) is 1. The van der Waals surface area contributed by atoms with E-state index in [0.29, 0.717) is 43.7 Å². The lowest BCUT2D eigenvalue weighted by Gasteiger charge is -2.32. The van der Waals surface area contributed by atoms with Crippen molar-refractivity contribution in [2.75, 3.05) is 27.3 Å². The van der Waals surface area contributed by atoms with Crippen LogP contribution in [0.4, 0.5) is 0 Å². The van der Waals surface area contributed by atoms with Crippen molar-refractivity contribution >= 4 is 11.8 Å². The molecule has 29 heavy (non-hydrogen) atoms. The summed E-state index contributed by atoms with van der Waals surface area (Å²) in [5.74, 6) is 1.60. The zero-order chi connectivity index (χ0) is 20.6. The molecule has 0 bridgehead atoms. The fraction of sp³-hybridized carbons (Fsp3) is 0.455. The molecule has 1 aliphatic heterocycles. The second-order valence-corrected chi connectivity index (χ2v) is 7.25. The first-order chi connectivity index (χ1) is 14.1. The highest BCUT2D eigenvalue weighted by molar-refractivity contribution is 5.91. The first-order valence-corrected chi connectivity index (χ1v) is 9.91. The molecule has 2 aromatic rings. The minimum absolute atomic E-state index is 0.0204. The van der Waals surface area contributed by atoms with Gasteiger partial charge in [0, 0.05) is 32.1 Å². The van der Waals surface area contributed by atoms with Crippen molar-refractivity contribution in [3.05, 3.63) is 47.7 Å². The molecule has 1 atom stereocenters. The van der Waals surface area contributed by atoms with E-state index in [1.54, 1.807) is 24.1 Å². The van der Waals surface area contributed by atoms with Gasteiger partial charge in [-0.3, -0.25) is 9.59 Å². The Labute approximate surface area is 171 Å². The number of ether oxygens (including phenoxy) is 2. The van der Waals surface area contributed by atoms with Crippen LogP contribution in [0.2, 0.25) is 0 Å². The van der Waals surface area contributed by atoms with Crippen molar-refractivity contribution in [3.8, 4) is 11.7 Å². The Hall–Kier alpha value is -2.96. The number of amides is 2. The van der Waals surface area contributed by atoms with Crippen molar-refractivity contribution in [1.82, 2.24) is 10.2 Å². The van der Waals surface area contributed by atoms with E-state index in [2.05, 4.69) is 5.32 Å². The topological polar surface area (TPSA) is 81.0 Å². The van der Waals surface area contributed by atoms with Crippen molar-refractivity contribution in [3.63, 3.8) is 0 Å². The Morgan fingerprint density at radius 2 is 2.07 bits per heavy atom. The van der Waals surface area contributed by atoms with Gasteiger partial charge in [0.2, 0.25) is 5.91 Å². The third-order valence-electron chi connectivity index (χ3n) is 5.20. The molecular weight excluding hydrogens is 372 g/mol. The number of benzene rings is 1. The highest BCUT2D eigenvalue weighted by Gasteiger charge is 2.26. The van der Waals surface area contributed by atoms with Crippen LogP contribution in [-0.2, 0) is 11.3 Å². The Kier molecular flexibility index (Phi) is 7.16. The molecule has 1 aromatic carbocycles. The highest BCUT2D eigenvalue weighted by atomic mass is 16.6. The maximum Gasteiger partial charge on any atom is 0.289 e. The molecule has 2 heterocycles. The van der Waals surface area contributed by atoms with Gasteiger partial charge in [0.25, 0.3) is 11.9 Å². The van der Waals surface area contributed by atoms with Gasteiger partial charge in [-0.1, -0.05) is 12.1 Å². The van der Waals surface area contributed by atoms with Crippen LogP contribution in [0.15, 0.2) is 40.8 Å². The van der Waals surface area contributed by atoms with Crippen molar-refractivity contribution in [2.45, 2.75) is 32.2 Å². The van der Waals surface area contributed by atoms with Gasteiger partial charge in [0.15, 0.2) is 5.76 Å². The Morgan fingerprint density at radius 1 is 1.21 bits per heavy atom. The van der Waals surface area contributed by atoms with Gasteiger partial charge < -0.3 is 24.1 Å². The molecule has 3 rings (SSSR count). The zero-order valence-corrected chi connectivity index (χ0v) is 17.0. The molecule has 2 amide bonds. The molecule has 0 saturated carbocycles. The van der Waals surface area contributed by atoms with Crippen LogP contribution in [0.5, 0.6) is 11.7 Å². The van der Waals surface area contributed by atoms with Crippen LogP contribution >= 0.6 is 0 Å². The first-order valence-electron chi connectivity index (χ1n) is 9.91. The van der Waals surface area contributed by atoms with Crippen molar-refractivity contribution < 1.29 is 23.5 Å². The molecule has 0 radical (unpaired) electrons. The number of likely N-dealkylation sites (tertiary alicyclic amines) is 1. The number of nitrogens with zero attached hydrogens (tertiary/aromatic N) is 1. The van der Waals surface area contributed by atoms with Crippen LogP contribution in [0, 0.1) is 5.92 Å². The normalized spacial score (nSPS) is 16.3. The van der Waals surface area contributed by atoms with E-state index in [-0.39, 0.29) is 11.8 Å². The highest BCUT2D eigenvalue weighted by Crippen LogP contribution is 2.24. The summed E-state index contributed by atoms with van der Waals surface area (Å²) >= 11 is 0. The largest absolute Gasteiger partial charge is 0.497 e. The number of carbonyl (C=O) groups excluding carboxylic acids is 2.